The van der Waals surface area contributed by atoms with Gasteiger partial charge in [-0.15, -0.1) is 0 Å². The van der Waals surface area contributed by atoms with E-state index in [2.05, 4.69) is 9.82 Å². The summed E-state index contributed by atoms with van der Waals surface area (Å²) in [6, 6.07) is 10.9. The standard InChI is InChI=1S/C17H14ClF2N3O2S/c1-11-8-17(21-23(11)10-12-2-4-13(18)5-3-12)22-26(24,25)16-9-14(19)6-7-15(16)20/h2-9H,10H2,1H3,(H,21,22). The highest BCUT2D eigenvalue weighted by Crippen LogP contribution is 2.20. The number of nitrogens with zero attached hydrogens (tertiary/aromatic N) is 2. The van der Waals surface area contributed by atoms with E-state index in [1.807, 2.05) is 12.1 Å². The Morgan fingerprint density at radius 3 is 2.50 bits per heavy atom. The van der Waals surface area contributed by atoms with E-state index in [0.717, 1.165) is 17.7 Å². The second-order valence-corrected chi connectivity index (χ2v) is 7.72. The Morgan fingerprint density at radius 2 is 1.81 bits per heavy atom. The van der Waals surface area contributed by atoms with E-state index in [-0.39, 0.29) is 5.82 Å². The van der Waals surface area contributed by atoms with E-state index in [1.54, 1.807) is 23.7 Å². The molecule has 9 heteroatoms. The maximum absolute atomic E-state index is 13.8. The lowest BCUT2D eigenvalue weighted by atomic mass is 10.2. The molecule has 136 valence electrons. The van der Waals surface area contributed by atoms with Crippen molar-refractivity contribution in [2.75, 3.05) is 4.72 Å². The van der Waals surface area contributed by atoms with Crippen molar-refractivity contribution in [2.24, 2.45) is 0 Å². The Bertz CT molecular complexity index is 1050. The van der Waals surface area contributed by atoms with Crippen molar-refractivity contribution in [1.82, 2.24) is 9.78 Å². The molecule has 0 spiro atoms. The first kappa shape index (κ1) is 18.3. The zero-order chi connectivity index (χ0) is 18.9. The van der Waals surface area contributed by atoms with Gasteiger partial charge in [-0.05, 0) is 42.8 Å². The summed E-state index contributed by atoms with van der Waals surface area (Å²) in [5.41, 5.74) is 1.61. The van der Waals surface area contributed by atoms with Crippen LogP contribution >= 0.6 is 11.6 Å². The maximum atomic E-state index is 13.8. The second kappa shape index (κ2) is 7.05. The van der Waals surface area contributed by atoms with E-state index in [4.69, 9.17) is 11.6 Å². The number of halogens is 3. The molecule has 3 rings (SSSR count). The monoisotopic (exact) mass is 397 g/mol. The van der Waals surface area contributed by atoms with E-state index >= 15 is 0 Å². The third kappa shape index (κ3) is 4.03. The number of hydrogen-bond acceptors (Lipinski definition) is 3. The smallest absolute Gasteiger partial charge is 0.263 e. The van der Waals surface area contributed by atoms with Crippen molar-refractivity contribution >= 4 is 27.4 Å². The molecule has 26 heavy (non-hydrogen) atoms. The molecule has 1 aromatic heterocycles. The molecule has 0 amide bonds. The number of benzene rings is 2. The quantitative estimate of drug-likeness (QED) is 0.708. The van der Waals surface area contributed by atoms with Gasteiger partial charge in [-0.1, -0.05) is 23.7 Å². The predicted molar refractivity (Wildman–Crippen MR) is 94.7 cm³/mol. The third-order valence-electron chi connectivity index (χ3n) is 3.65. The van der Waals surface area contributed by atoms with E-state index < -0.39 is 26.6 Å². The van der Waals surface area contributed by atoms with Gasteiger partial charge in [0.1, 0.15) is 16.5 Å². The Hall–Kier alpha value is -2.45. The van der Waals surface area contributed by atoms with Crippen molar-refractivity contribution in [1.29, 1.82) is 0 Å². The van der Waals surface area contributed by atoms with Gasteiger partial charge in [0.2, 0.25) is 0 Å². The van der Waals surface area contributed by atoms with Crippen LogP contribution in [0.4, 0.5) is 14.6 Å². The Kier molecular flexibility index (Phi) is 4.97. The summed E-state index contributed by atoms with van der Waals surface area (Å²) < 4.78 is 55.4. The summed E-state index contributed by atoms with van der Waals surface area (Å²) in [7, 11) is -4.31. The minimum Gasteiger partial charge on any atom is -0.263 e. The van der Waals surface area contributed by atoms with Gasteiger partial charge in [0.15, 0.2) is 5.82 Å². The van der Waals surface area contributed by atoms with Gasteiger partial charge in [0.05, 0.1) is 6.54 Å². The zero-order valence-electron chi connectivity index (χ0n) is 13.6. The number of anilines is 1. The number of aromatic nitrogens is 2. The lowest BCUT2D eigenvalue weighted by molar-refractivity contribution is 0.555. The van der Waals surface area contributed by atoms with Crippen LogP contribution in [0.2, 0.25) is 5.02 Å². The largest absolute Gasteiger partial charge is 0.266 e. The molecule has 0 saturated heterocycles. The molecule has 0 aliphatic carbocycles. The third-order valence-corrected chi connectivity index (χ3v) is 5.27. The molecule has 0 unspecified atom stereocenters. The van der Waals surface area contributed by atoms with E-state index in [0.29, 0.717) is 23.3 Å². The molecule has 0 saturated carbocycles. The highest BCUT2D eigenvalue weighted by atomic mass is 35.5. The fourth-order valence-electron chi connectivity index (χ4n) is 2.36. The average Bonchev–Trinajstić information content (AvgIpc) is 2.90. The van der Waals surface area contributed by atoms with Crippen LogP contribution in [0.1, 0.15) is 11.3 Å². The molecule has 0 atom stereocenters. The fourth-order valence-corrected chi connectivity index (χ4v) is 3.56. The van der Waals surface area contributed by atoms with Crippen molar-refractivity contribution in [3.63, 3.8) is 0 Å². The molecule has 3 aromatic rings. The van der Waals surface area contributed by atoms with Gasteiger partial charge in [-0.3, -0.25) is 9.40 Å². The summed E-state index contributed by atoms with van der Waals surface area (Å²) in [4.78, 5) is -0.776. The van der Waals surface area contributed by atoms with Gasteiger partial charge in [-0.25, -0.2) is 17.2 Å². The van der Waals surface area contributed by atoms with Gasteiger partial charge < -0.3 is 0 Å². The molecule has 0 radical (unpaired) electrons. The van der Waals surface area contributed by atoms with Crippen molar-refractivity contribution in [2.45, 2.75) is 18.4 Å². The van der Waals surface area contributed by atoms with Gasteiger partial charge >= 0.3 is 0 Å². The first-order valence-electron chi connectivity index (χ1n) is 7.51. The minimum atomic E-state index is -4.31. The van der Waals surface area contributed by atoms with Crippen LogP contribution in [-0.4, -0.2) is 18.2 Å². The normalized spacial score (nSPS) is 11.5. The Morgan fingerprint density at radius 1 is 1.12 bits per heavy atom. The minimum absolute atomic E-state index is 0.0140. The molecular weight excluding hydrogens is 384 g/mol. The van der Waals surface area contributed by atoms with Gasteiger partial charge in [-0.2, -0.15) is 5.10 Å². The lowest BCUT2D eigenvalue weighted by Gasteiger charge is -2.07. The Labute approximate surface area is 154 Å². The molecule has 0 aliphatic heterocycles. The summed E-state index contributed by atoms with van der Waals surface area (Å²) in [5, 5.41) is 4.78. The topological polar surface area (TPSA) is 64.0 Å². The van der Waals surface area contributed by atoms with Crippen LogP contribution in [-0.2, 0) is 16.6 Å². The van der Waals surface area contributed by atoms with E-state index in [1.165, 1.54) is 6.07 Å². The van der Waals surface area contributed by atoms with Crippen LogP contribution in [0.25, 0.3) is 0 Å². The van der Waals surface area contributed by atoms with Crippen molar-refractivity contribution in [3.8, 4) is 0 Å². The Balaban J connectivity index is 1.84. The number of hydrogen-bond donors (Lipinski definition) is 1. The van der Waals surface area contributed by atoms with Crippen LogP contribution < -0.4 is 4.72 Å². The summed E-state index contributed by atoms with van der Waals surface area (Å²) in [6.07, 6.45) is 0. The number of nitrogens with one attached hydrogen (secondary N) is 1. The van der Waals surface area contributed by atoms with Crippen LogP contribution in [0.15, 0.2) is 53.4 Å². The van der Waals surface area contributed by atoms with E-state index in [9.17, 15) is 17.2 Å². The first-order chi connectivity index (χ1) is 12.2. The highest BCUT2D eigenvalue weighted by molar-refractivity contribution is 7.92. The number of rotatable bonds is 5. The van der Waals surface area contributed by atoms with Gasteiger partial charge in [0.25, 0.3) is 10.0 Å². The molecular formula is C17H14ClF2N3O2S. The van der Waals surface area contributed by atoms with Crippen LogP contribution in [0.3, 0.4) is 0 Å². The number of sulfonamides is 1. The molecule has 0 fully saturated rings. The highest BCUT2D eigenvalue weighted by Gasteiger charge is 2.21. The molecule has 2 aromatic carbocycles. The molecule has 0 aliphatic rings. The summed E-state index contributed by atoms with van der Waals surface area (Å²) in [5.74, 6) is -1.88. The predicted octanol–water partition coefficient (Wildman–Crippen LogP) is 3.97. The molecule has 1 heterocycles. The lowest BCUT2D eigenvalue weighted by Crippen LogP contribution is -2.15. The van der Waals surface area contributed by atoms with Crippen LogP contribution in [0, 0.1) is 18.6 Å². The number of aryl methyl sites for hydroxylation is 1. The fraction of sp³-hybridized carbons (Fsp3) is 0.118. The van der Waals surface area contributed by atoms with Crippen molar-refractivity contribution in [3.05, 3.63) is 76.4 Å². The summed E-state index contributed by atoms with van der Waals surface area (Å²) >= 11 is 5.85. The average molecular weight is 398 g/mol. The maximum Gasteiger partial charge on any atom is 0.266 e. The van der Waals surface area contributed by atoms with Crippen molar-refractivity contribution < 1.29 is 17.2 Å². The van der Waals surface area contributed by atoms with Crippen LogP contribution in [0.5, 0.6) is 0 Å². The SMILES string of the molecule is Cc1cc(NS(=O)(=O)c2cc(F)ccc2F)nn1Cc1ccc(Cl)cc1. The summed E-state index contributed by atoms with van der Waals surface area (Å²) in [6.45, 7) is 2.16. The molecule has 5 nitrogen and oxygen atoms in total. The second-order valence-electron chi connectivity index (χ2n) is 5.64. The molecule has 0 bridgehead atoms. The molecule has 1 N–H and O–H groups in total. The zero-order valence-corrected chi connectivity index (χ0v) is 15.2. The first-order valence-corrected chi connectivity index (χ1v) is 9.37. The van der Waals surface area contributed by atoms with Gasteiger partial charge in [0, 0.05) is 16.8 Å².